The minimum atomic E-state index is -0.117. The van der Waals surface area contributed by atoms with Gasteiger partial charge < -0.3 is 4.74 Å². The second-order valence-electron chi connectivity index (χ2n) is 5.89. The number of rotatable bonds is 3. The molecule has 0 N–H and O–H groups in total. The fourth-order valence-corrected chi connectivity index (χ4v) is 2.43. The van der Waals surface area contributed by atoms with E-state index in [9.17, 15) is 4.79 Å². The zero-order valence-electron chi connectivity index (χ0n) is 12.0. The molecule has 1 heterocycles. The van der Waals surface area contributed by atoms with Crippen molar-refractivity contribution in [1.29, 1.82) is 0 Å². The molecule has 1 aliphatic rings. The summed E-state index contributed by atoms with van der Waals surface area (Å²) in [7, 11) is 3.58. The van der Waals surface area contributed by atoms with Crippen molar-refractivity contribution in [3.05, 3.63) is 0 Å². The molecule has 0 aromatic heterocycles. The summed E-state index contributed by atoms with van der Waals surface area (Å²) < 4.78 is 4.78. The first kappa shape index (κ1) is 14.5. The molecule has 1 saturated heterocycles. The number of ether oxygens (including phenoxy) is 1. The van der Waals surface area contributed by atoms with E-state index in [-0.39, 0.29) is 17.6 Å². The highest BCUT2D eigenvalue weighted by Gasteiger charge is 2.38. The summed E-state index contributed by atoms with van der Waals surface area (Å²) in [6.07, 6.45) is 0.481. The lowest BCUT2D eigenvalue weighted by molar-refractivity contribution is -0.143. The fraction of sp³-hybridized carbons (Fsp3) is 0.923. The average molecular weight is 242 g/mol. The number of carbonyl (C=O) groups is 1. The smallest absolute Gasteiger partial charge is 0.307 e. The lowest BCUT2D eigenvalue weighted by Crippen LogP contribution is -2.63. The third kappa shape index (κ3) is 3.42. The number of esters is 1. The van der Waals surface area contributed by atoms with Crippen LogP contribution in [0.25, 0.3) is 0 Å². The van der Waals surface area contributed by atoms with E-state index in [0.29, 0.717) is 12.5 Å². The minimum Gasteiger partial charge on any atom is -0.469 e. The SMILES string of the molecule is COC(=O)CC1CN(C)C(C)(C)CN1C(C)C. The maximum atomic E-state index is 11.4. The van der Waals surface area contributed by atoms with Crippen LogP contribution in [0, 0.1) is 0 Å². The Balaban J connectivity index is 2.77. The van der Waals surface area contributed by atoms with Crippen LogP contribution in [-0.4, -0.2) is 60.6 Å². The van der Waals surface area contributed by atoms with Gasteiger partial charge >= 0.3 is 5.97 Å². The predicted octanol–water partition coefficient (Wildman–Crippen LogP) is 1.35. The maximum absolute atomic E-state index is 11.4. The van der Waals surface area contributed by atoms with E-state index in [4.69, 9.17) is 4.74 Å². The van der Waals surface area contributed by atoms with Gasteiger partial charge in [-0.1, -0.05) is 0 Å². The van der Waals surface area contributed by atoms with Crippen LogP contribution in [0.4, 0.5) is 0 Å². The van der Waals surface area contributed by atoms with E-state index < -0.39 is 0 Å². The Bertz CT molecular complexity index is 277. The van der Waals surface area contributed by atoms with Crippen molar-refractivity contribution >= 4 is 5.97 Å². The molecule has 4 heteroatoms. The van der Waals surface area contributed by atoms with E-state index in [0.717, 1.165) is 13.1 Å². The Morgan fingerprint density at radius 2 is 2.06 bits per heavy atom. The quantitative estimate of drug-likeness (QED) is 0.700. The monoisotopic (exact) mass is 242 g/mol. The summed E-state index contributed by atoms with van der Waals surface area (Å²) in [5.41, 5.74) is 0.164. The van der Waals surface area contributed by atoms with Gasteiger partial charge in [0.25, 0.3) is 0 Å². The van der Waals surface area contributed by atoms with Gasteiger partial charge in [-0.25, -0.2) is 0 Å². The molecule has 0 amide bonds. The minimum absolute atomic E-state index is 0.117. The Labute approximate surface area is 105 Å². The molecule has 0 spiro atoms. The van der Waals surface area contributed by atoms with Gasteiger partial charge in [0.15, 0.2) is 0 Å². The topological polar surface area (TPSA) is 32.8 Å². The van der Waals surface area contributed by atoms with Crippen LogP contribution in [0.1, 0.15) is 34.1 Å². The third-order valence-electron chi connectivity index (χ3n) is 3.85. The lowest BCUT2D eigenvalue weighted by atomic mass is 9.94. The lowest BCUT2D eigenvalue weighted by Gasteiger charge is -2.51. The first-order chi connectivity index (χ1) is 7.77. The second kappa shape index (κ2) is 5.36. The Kier molecular flexibility index (Phi) is 4.55. The molecule has 0 aliphatic carbocycles. The summed E-state index contributed by atoms with van der Waals surface area (Å²) in [5.74, 6) is -0.117. The van der Waals surface area contributed by atoms with Crippen molar-refractivity contribution < 1.29 is 9.53 Å². The second-order valence-corrected chi connectivity index (χ2v) is 5.89. The van der Waals surface area contributed by atoms with Crippen molar-refractivity contribution in [3.63, 3.8) is 0 Å². The van der Waals surface area contributed by atoms with Crippen LogP contribution < -0.4 is 0 Å². The molecule has 1 aliphatic heterocycles. The number of hydrogen-bond acceptors (Lipinski definition) is 4. The molecular formula is C13H26N2O2. The number of methoxy groups -OCH3 is 1. The number of hydrogen-bond donors (Lipinski definition) is 0. The first-order valence-electron chi connectivity index (χ1n) is 6.31. The van der Waals surface area contributed by atoms with Crippen LogP contribution in [0.3, 0.4) is 0 Å². The summed E-state index contributed by atoms with van der Waals surface area (Å²) in [6.45, 7) is 10.8. The summed E-state index contributed by atoms with van der Waals surface area (Å²) in [6, 6.07) is 0.720. The van der Waals surface area contributed by atoms with Gasteiger partial charge in [0.05, 0.1) is 13.5 Å². The molecule has 0 bridgehead atoms. The zero-order valence-corrected chi connectivity index (χ0v) is 12.0. The van der Waals surface area contributed by atoms with E-state index in [1.807, 2.05) is 0 Å². The molecule has 1 rings (SSSR count). The van der Waals surface area contributed by atoms with Gasteiger partial charge in [0, 0.05) is 30.7 Å². The van der Waals surface area contributed by atoms with E-state index >= 15 is 0 Å². The fourth-order valence-electron chi connectivity index (χ4n) is 2.43. The average Bonchev–Trinajstić information content (AvgIpc) is 2.22. The molecular weight excluding hydrogens is 216 g/mol. The van der Waals surface area contributed by atoms with E-state index in [1.165, 1.54) is 7.11 Å². The number of piperazine rings is 1. The van der Waals surface area contributed by atoms with Crippen LogP contribution in [0.15, 0.2) is 0 Å². The van der Waals surface area contributed by atoms with Gasteiger partial charge in [-0.2, -0.15) is 0 Å². The van der Waals surface area contributed by atoms with Crippen molar-refractivity contribution in [3.8, 4) is 0 Å². The summed E-state index contributed by atoms with van der Waals surface area (Å²) >= 11 is 0. The zero-order chi connectivity index (χ0) is 13.2. The highest BCUT2D eigenvalue weighted by molar-refractivity contribution is 5.70. The molecule has 1 unspecified atom stereocenters. The van der Waals surface area contributed by atoms with Gasteiger partial charge in [-0.3, -0.25) is 14.6 Å². The van der Waals surface area contributed by atoms with Crippen LogP contribution in [0.2, 0.25) is 0 Å². The maximum Gasteiger partial charge on any atom is 0.307 e. The number of nitrogens with zero attached hydrogens (tertiary/aromatic N) is 2. The molecule has 1 atom stereocenters. The largest absolute Gasteiger partial charge is 0.469 e. The van der Waals surface area contributed by atoms with Crippen molar-refractivity contribution in [2.24, 2.45) is 0 Å². The third-order valence-corrected chi connectivity index (χ3v) is 3.85. The molecule has 4 nitrogen and oxygen atoms in total. The van der Waals surface area contributed by atoms with Crippen molar-refractivity contribution in [2.45, 2.75) is 51.7 Å². The summed E-state index contributed by atoms with van der Waals surface area (Å²) in [4.78, 5) is 16.2. The van der Waals surface area contributed by atoms with Gasteiger partial charge in [-0.05, 0) is 34.7 Å². The Morgan fingerprint density at radius 1 is 1.47 bits per heavy atom. The van der Waals surface area contributed by atoms with Gasteiger partial charge in [0.1, 0.15) is 0 Å². The standard InChI is InChI=1S/C13H26N2O2/c1-10(2)15-9-13(3,4)14(5)8-11(15)7-12(16)17-6/h10-11H,7-9H2,1-6H3. The first-order valence-corrected chi connectivity index (χ1v) is 6.31. The highest BCUT2D eigenvalue weighted by Crippen LogP contribution is 2.26. The summed E-state index contributed by atoms with van der Waals surface area (Å²) in [5, 5.41) is 0. The van der Waals surface area contributed by atoms with Gasteiger partial charge in [-0.15, -0.1) is 0 Å². The molecule has 0 aromatic carbocycles. The Hall–Kier alpha value is -0.610. The van der Waals surface area contributed by atoms with Crippen LogP contribution in [0.5, 0.6) is 0 Å². The normalized spacial score (nSPS) is 26.2. The van der Waals surface area contributed by atoms with Crippen LogP contribution >= 0.6 is 0 Å². The molecule has 0 saturated carbocycles. The molecule has 0 radical (unpaired) electrons. The van der Waals surface area contributed by atoms with Crippen molar-refractivity contribution in [2.75, 3.05) is 27.2 Å². The van der Waals surface area contributed by atoms with Crippen molar-refractivity contribution in [1.82, 2.24) is 9.80 Å². The predicted molar refractivity (Wildman–Crippen MR) is 69.0 cm³/mol. The molecule has 100 valence electrons. The molecule has 17 heavy (non-hydrogen) atoms. The van der Waals surface area contributed by atoms with E-state index in [1.54, 1.807) is 0 Å². The molecule has 0 aromatic rings. The highest BCUT2D eigenvalue weighted by atomic mass is 16.5. The van der Waals surface area contributed by atoms with E-state index in [2.05, 4.69) is 44.5 Å². The van der Waals surface area contributed by atoms with Gasteiger partial charge in [0.2, 0.25) is 0 Å². The van der Waals surface area contributed by atoms with Crippen LogP contribution in [-0.2, 0) is 9.53 Å². The number of likely N-dealkylation sites (N-methyl/N-ethyl adjacent to an activating group) is 1. The Morgan fingerprint density at radius 3 is 2.53 bits per heavy atom. The molecule has 1 fully saturated rings. The number of carbonyl (C=O) groups excluding carboxylic acids is 1.